The minimum Gasteiger partial charge on any atom is -0.508 e. The van der Waals surface area contributed by atoms with Gasteiger partial charge in [0.05, 0.1) is 45.4 Å². The Labute approximate surface area is 703 Å². The summed E-state index contributed by atoms with van der Waals surface area (Å²) in [7, 11) is 0. The minimum absolute atomic E-state index is 0.0605. The summed E-state index contributed by atoms with van der Waals surface area (Å²) >= 11 is 0. The van der Waals surface area contributed by atoms with Crippen molar-refractivity contribution in [3.05, 3.63) is 249 Å². The van der Waals surface area contributed by atoms with Gasteiger partial charge >= 0.3 is 0 Å². The molecule has 17 rings (SSSR count). The number of aliphatic hydroxyl groups excluding tert-OH is 1. The van der Waals surface area contributed by atoms with E-state index in [4.69, 9.17) is 78.4 Å². The van der Waals surface area contributed by atoms with Crippen LogP contribution >= 0.6 is 0 Å². The third kappa shape index (κ3) is 19.6. The monoisotopic (exact) mass is 1600 g/mol. The molecule has 0 radical (unpaired) electrons. The third-order valence-electron chi connectivity index (χ3n) is 25.6. The zero-order chi connectivity index (χ0) is 85.5. The van der Waals surface area contributed by atoms with Gasteiger partial charge in [-0.3, -0.25) is 0 Å². The van der Waals surface area contributed by atoms with Crippen molar-refractivity contribution in [2.75, 3.05) is 46.2 Å². The standard InChI is InChI=1S/C18H21NO.2C16H19NO.C14H21NO.C13H19NO2.C13H19NO.C12H17NO2/c1-3-16-15-11-14(13-7-5-4-6-8-13)9-10-17(15)20-12-18(16,2)19;1-3-14-13-9-8-11-6-4-5-7-12(11)15(13)18-10-16(14,2)17;1-3-13-15-12-7-5-4-6-11(12)8-9-14(15)18-10-16(13,2)17;1-5-11-13-10(3)6-9(2)7-12(13)16-8-14(11,4)15;1-3-11-10-6-9(7-15)4-5-12(10)16-8-13(11,2)14;1-4-11-10-7-9(2)5-6-12(10)15-8-13(11,3)14;1-3-10-9-5-4-8(14)6-11(9)15-7-12(10,2)13/h4-11,16H,3,12,19H2,1-2H3;4-9,14H,3,10,17H2,1-2H3;4-9,13H,3,10,17H2,1-2H3;6-7,11H,5,8,15H2,1-4H3;4-6,11,15H,3,7-8,14H2,1-2H3;5-7,11H,4,8,14H2,1-3H3;4-6,10,14H,3,7,13H2,1-2H3/t16-,18+;14-,16+;13-,16+;11-,14+;2*11-,13+;10-,12+/m0000000/s1. The van der Waals surface area contributed by atoms with Crippen molar-refractivity contribution in [3.63, 3.8) is 0 Å². The molecular weight excluding hydrogens is 1470 g/mol. The number of rotatable bonds is 9. The Kier molecular flexibility index (Phi) is 28.2. The highest BCUT2D eigenvalue weighted by molar-refractivity contribution is 5.90. The van der Waals surface area contributed by atoms with Crippen LogP contribution in [-0.2, 0) is 6.61 Å². The number of aliphatic hydroxyl groups is 1. The van der Waals surface area contributed by atoms with Crippen molar-refractivity contribution in [3.8, 4) is 57.1 Å². The van der Waals surface area contributed by atoms with E-state index < -0.39 is 0 Å². The smallest absolute Gasteiger partial charge is 0.130 e. The van der Waals surface area contributed by atoms with E-state index in [0.717, 1.165) is 102 Å². The Balaban J connectivity index is 0.000000135. The molecule has 0 unspecified atom stereocenters. The Bertz CT molecular complexity index is 5070. The zero-order valence-electron chi connectivity index (χ0n) is 73.3. The van der Waals surface area contributed by atoms with Gasteiger partial charge in [0.25, 0.3) is 0 Å². The topological polar surface area (TPSA) is 287 Å². The van der Waals surface area contributed by atoms with E-state index in [0.29, 0.717) is 87.7 Å². The maximum Gasteiger partial charge on any atom is 0.130 e. The van der Waals surface area contributed by atoms with E-state index in [2.05, 4.69) is 249 Å². The SMILES string of the molecule is CC[C@H]1c2c(C)cc(C)cc2OC[C@@]1(C)N.CC[C@H]1c2c(ccc3ccccc23)OC[C@@]1(C)N.CC[C@H]1c2cc(-c3ccccc3)ccc2OC[C@@]1(C)N.CC[C@H]1c2cc(C)ccc2OC[C@@]1(C)N.CC[C@H]1c2cc(CO)ccc2OC[C@@]1(C)N.CC[C@H]1c2ccc(O)cc2OC[C@@]1(C)N.CC[C@H]1c2ccc3ccccc3c2OC[C@@]1(C)N. The molecule has 16 N–H and O–H groups in total. The highest BCUT2D eigenvalue weighted by atomic mass is 16.5. The number of fused-ring (bicyclic) bond motifs is 11. The molecule has 0 bridgehead atoms. The van der Waals surface area contributed by atoms with Gasteiger partial charge in [0.1, 0.15) is 92.2 Å². The van der Waals surface area contributed by atoms with Gasteiger partial charge in [-0.15, -0.1) is 0 Å². The average molecular weight is 1600 g/mol. The van der Waals surface area contributed by atoms with Crippen LogP contribution in [0.1, 0.15) is 245 Å². The Morgan fingerprint density at radius 2 is 0.695 bits per heavy atom. The molecule has 0 aromatic heterocycles. The Morgan fingerprint density at radius 3 is 1.23 bits per heavy atom. The number of hydrogen-bond acceptors (Lipinski definition) is 16. The largest absolute Gasteiger partial charge is 0.508 e. The van der Waals surface area contributed by atoms with Crippen LogP contribution in [0.5, 0.6) is 46.0 Å². The predicted octanol–water partition coefficient (Wildman–Crippen LogP) is 20.1. The normalized spacial score (nSPS) is 27.6. The van der Waals surface area contributed by atoms with Crippen LogP contribution in [-0.4, -0.2) is 95.2 Å². The van der Waals surface area contributed by atoms with E-state index >= 15 is 0 Å². The fourth-order valence-corrected chi connectivity index (χ4v) is 19.4. The number of aryl methyl sites for hydroxylation is 3. The summed E-state index contributed by atoms with van der Waals surface area (Å²) in [6, 6.07) is 64.0. The molecular formula is C102H135N7O9. The van der Waals surface area contributed by atoms with E-state index in [1.807, 2.05) is 44.2 Å². The molecule has 0 fully saturated rings. The number of phenols is 1. The molecule has 632 valence electrons. The van der Waals surface area contributed by atoms with E-state index in [1.54, 1.807) is 12.1 Å². The first-order valence-electron chi connectivity index (χ1n) is 42.9. The molecule has 7 heterocycles. The summed E-state index contributed by atoms with van der Waals surface area (Å²) in [5.74, 6) is 9.44. The fourth-order valence-electron chi connectivity index (χ4n) is 19.4. The first kappa shape index (κ1) is 89.6. The van der Waals surface area contributed by atoms with E-state index in [9.17, 15) is 5.11 Å². The summed E-state index contributed by atoms with van der Waals surface area (Å²) in [6.07, 6.45) is 7.20. The van der Waals surface area contributed by atoms with Gasteiger partial charge in [-0.2, -0.15) is 0 Å². The molecule has 0 saturated heterocycles. The summed E-state index contributed by atoms with van der Waals surface area (Å²) in [6.45, 7) is 40.2. The Hall–Kier alpha value is -9.20. The predicted molar refractivity (Wildman–Crippen MR) is 485 cm³/mol. The maximum atomic E-state index is 9.37. The maximum absolute atomic E-state index is 9.37. The third-order valence-corrected chi connectivity index (χ3v) is 25.6. The molecule has 16 nitrogen and oxygen atoms in total. The van der Waals surface area contributed by atoms with Crippen molar-refractivity contribution >= 4 is 21.5 Å². The molecule has 118 heavy (non-hydrogen) atoms. The van der Waals surface area contributed by atoms with Gasteiger partial charge in [0, 0.05) is 64.0 Å². The first-order valence-corrected chi connectivity index (χ1v) is 42.9. The number of benzene rings is 10. The van der Waals surface area contributed by atoms with E-state index in [-0.39, 0.29) is 51.1 Å². The van der Waals surface area contributed by atoms with Gasteiger partial charge in [0.15, 0.2) is 0 Å². The summed E-state index contributed by atoms with van der Waals surface area (Å²) < 4.78 is 40.4. The molecule has 0 aliphatic carbocycles. The second-order valence-electron chi connectivity index (χ2n) is 36.1. The Morgan fingerprint density at radius 1 is 0.305 bits per heavy atom. The number of phenolic OH excluding ortho intramolecular Hbond substituents is 1. The fraction of sp³-hybridized carbons (Fsp3) is 0.451. The van der Waals surface area contributed by atoms with Crippen molar-refractivity contribution in [1.82, 2.24) is 0 Å². The summed E-state index contributed by atoms with van der Waals surface area (Å²) in [5.41, 5.74) is 58.1. The lowest BCUT2D eigenvalue weighted by Crippen LogP contribution is -2.50. The van der Waals surface area contributed by atoms with E-state index in [1.165, 1.54) is 77.2 Å². The lowest BCUT2D eigenvalue weighted by Gasteiger charge is -2.40. The lowest BCUT2D eigenvalue weighted by molar-refractivity contribution is 0.170. The van der Waals surface area contributed by atoms with Gasteiger partial charge in [-0.05, 0) is 235 Å². The second kappa shape index (κ2) is 37.2. The van der Waals surface area contributed by atoms with Crippen molar-refractivity contribution < 1.29 is 43.4 Å². The van der Waals surface area contributed by atoms with Crippen LogP contribution in [0.4, 0.5) is 0 Å². The molecule has 0 amide bonds. The lowest BCUT2D eigenvalue weighted by atomic mass is 9.76. The highest BCUT2D eigenvalue weighted by Crippen LogP contribution is 2.50. The van der Waals surface area contributed by atoms with Gasteiger partial charge in [-0.25, -0.2) is 0 Å². The van der Waals surface area contributed by atoms with Crippen LogP contribution < -0.4 is 73.3 Å². The summed E-state index contributed by atoms with van der Waals surface area (Å²) in [4.78, 5) is 0. The van der Waals surface area contributed by atoms with Gasteiger partial charge in [0.2, 0.25) is 0 Å². The highest BCUT2D eigenvalue weighted by Gasteiger charge is 2.44. The molecule has 16 heteroatoms. The molecule has 7 aliphatic rings. The molecule has 0 spiro atoms. The van der Waals surface area contributed by atoms with Gasteiger partial charge < -0.3 is 83.5 Å². The van der Waals surface area contributed by atoms with Crippen LogP contribution in [0.25, 0.3) is 32.7 Å². The molecule has 0 saturated carbocycles. The summed E-state index contributed by atoms with van der Waals surface area (Å²) in [5, 5.41) is 23.5. The van der Waals surface area contributed by atoms with Crippen LogP contribution in [0.15, 0.2) is 188 Å². The molecule has 10 aromatic rings. The first-order chi connectivity index (χ1) is 56.0. The molecule has 10 aromatic carbocycles. The second-order valence-corrected chi connectivity index (χ2v) is 36.1. The molecule has 14 atom stereocenters. The zero-order valence-corrected chi connectivity index (χ0v) is 73.3. The average Bonchev–Trinajstić information content (AvgIpc) is 0.772. The quantitative estimate of drug-likeness (QED) is 0.0649. The van der Waals surface area contributed by atoms with Gasteiger partial charge in [-0.1, -0.05) is 187 Å². The van der Waals surface area contributed by atoms with Crippen LogP contribution in [0, 0.1) is 20.8 Å². The number of hydrogen-bond donors (Lipinski definition) is 9. The van der Waals surface area contributed by atoms with Crippen molar-refractivity contribution in [2.45, 2.75) is 249 Å². The van der Waals surface area contributed by atoms with Crippen LogP contribution in [0.2, 0.25) is 0 Å². The van der Waals surface area contributed by atoms with Crippen LogP contribution in [0.3, 0.4) is 0 Å². The number of ether oxygens (including phenoxy) is 7. The number of nitrogens with two attached hydrogens (primary N) is 7. The molecule has 7 aliphatic heterocycles. The number of aromatic hydroxyl groups is 1. The van der Waals surface area contributed by atoms with Crippen molar-refractivity contribution in [1.29, 1.82) is 0 Å². The minimum atomic E-state index is -0.324. The van der Waals surface area contributed by atoms with Crippen molar-refractivity contribution in [2.24, 2.45) is 40.1 Å².